The van der Waals surface area contributed by atoms with Crippen molar-refractivity contribution >= 4 is 23.2 Å². The molecule has 0 aromatic heterocycles. The van der Waals surface area contributed by atoms with E-state index in [9.17, 15) is 5.11 Å². The Labute approximate surface area is 128 Å². The van der Waals surface area contributed by atoms with Crippen LogP contribution in [0.1, 0.15) is 18.1 Å². The standard InChI is InChI=1S/C16H16Cl2O2/c1-11(19)8-12-2-6-15(7-3-12)20-10-13-4-5-14(17)9-16(13)18/h2-7,9,11,19H,8,10H2,1H3. The van der Waals surface area contributed by atoms with E-state index in [1.54, 1.807) is 19.1 Å². The van der Waals surface area contributed by atoms with E-state index in [0.717, 1.165) is 16.9 Å². The Hall–Kier alpha value is -1.22. The Bertz CT molecular complexity index is 565. The lowest BCUT2D eigenvalue weighted by Crippen LogP contribution is -2.04. The first-order chi connectivity index (χ1) is 9.54. The Kier molecular flexibility index (Phi) is 5.30. The summed E-state index contributed by atoms with van der Waals surface area (Å²) in [4.78, 5) is 0. The van der Waals surface area contributed by atoms with Crippen LogP contribution in [0.2, 0.25) is 10.0 Å². The highest BCUT2D eigenvalue weighted by Gasteiger charge is 2.03. The topological polar surface area (TPSA) is 29.5 Å². The molecule has 0 aliphatic rings. The minimum Gasteiger partial charge on any atom is -0.489 e. The van der Waals surface area contributed by atoms with Crippen LogP contribution in [0.4, 0.5) is 0 Å². The molecule has 0 radical (unpaired) electrons. The lowest BCUT2D eigenvalue weighted by Gasteiger charge is -2.09. The van der Waals surface area contributed by atoms with Crippen molar-refractivity contribution in [2.24, 2.45) is 0 Å². The molecule has 1 N–H and O–H groups in total. The SMILES string of the molecule is CC(O)Cc1ccc(OCc2ccc(Cl)cc2Cl)cc1. The molecule has 0 heterocycles. The van der Waals surface area contributed by atoms with Crippen LogP contribution < -0.4 is 4.74 Å². The molecular weight excluding hydrogens is 295 g/mol. The molecule has 1 unspecified atom stereocenters. The molecule has 0 saturated carbocycles. The van der Waals surface area contributed by atoms with Gasteiger partial charge in [-0.05, 0) is 43.2 Å². The maximum atomic E-state index is 9.32. The Morgan fingerprint density at radius 2 is 1.80 bits per heavy atom. The molecule has 0 aliphatic heterocycles. The molecular formula is C16H16Cl2O2. The minimum absolute atomic E-state index is 0.338. The number of aliphatic hydroxyl groups excluding tert-OH is 1. The lowest BCUT2D eigenvalue weighted by atomic mass is 10.1. The van der Waals surface area contributed by atoms with Gasteiger partial charge in [0.05, 0.1) is 6.10 Å². The van der Waals surface area contributed by atoms with Crippen molar-refractivity contribution in [3.05, 3.63) is 63.6 Å². The average Bonchev–Trinajstić information content (AvgIpc) is 2.39. The molecule has 0 amide bonds. The zero-order valence-electron chi connectivity index (χ0n) is 11.1. The summed E-state index contributed by atoms with van der Waals surface area (Å²) < 4.78 is 5.68. The number of aliphatic hydroxyl groups is 1. The van der Waals surface area contributed by atoms with Gasteiger partial charge in [0, 0.05) is 15.6 Å². The molecule has 106 valence electrons. The molecule has 0 bridgehead atoms. The largest absolute Gasteiger partial charge is 0.489 e. The van der Waals surface area contributed by atoms with E-state index in [1.165, 1.54) is 0 Å². The van der Waals surface area contributed by atoms with E-state index in [-0.39, 0.29) is 6.10 Å². The Morgan fingerprint density at radius 1 is 1.10 bits per heavy atom. The van der Waals surface area contributed by atoms with Gasteiger partial charge < -0.3 is 9.84 Å². The van der Waals surface area contributed by atoms with Crippen molar-refractivity contribution in [1.29, 1.82) is 0 Å². The highest BCUT2D eigenvalue weighted by molar-refractivity contribution is 6.35. The highest BCUT2D eigenvalue weighted by atomic mass is 35.5. The van der Waals surface area contributed by atoms with Crippen molar-refractivity contribution in [2.45, 2.75) is 26.1 Å². The molecule has 1 atom stereocenters. The van der Waals surface area contributed by atoms with Crippen molar-refractivity contribution in [2.75, 3.05) is 0 Å². The van der Waals surface area contributed by atoms with Crippen LogP contribution in [0, 0.1) is 0 Å². The molecule has 0 aliphatic carbocycles. The molecule has 4 heteroatoms. The van der Waals surface area contributed by atoms with E-state index in [2.05, 4.69) is 0 Å². The first-order valence-electron chi connectivity index (χ1n) is 6.38. The fourth-order valence-electron chi connectivity index (χ4n) is 1.86. The summed E-state index contributed by atoms with van der Waals surface area (Å²) in [6.07, 6.45) is 0.304. The van der Waals surface area contributed by atoms with Crippen LogP contribution in [0.3, 0.4) is 0 Å². The third-order valence-corrected chi connectivity index (χ3v) is 3.45. The number of ether oxygens (including phenoxy) is 1. The summed E-state index contributed by atoms with van der Waals surface area (Å²) in [6, 6.07) is 13.0. The number of rotatable bonds is 5. The predicted octanol–water partition coefficient (Wildman–Crippen LogP) is 4.50. The molecule has 2 nitrogen and oxygen atoms in total. The number of benzene rings is 2. The number of hydrogen-bond acceptors (Lipinski definition) is 2. The zero-order chi connectivity index (χ0) is 14.5. The number of halogens is 2. The fourth-order valence-corrected chi connectivity index (χ4v) is 2.33. The second kappa shape index (κ2) is 6.98. The van der Waals surface area contributed by atoms with Gasteiger partial charge in [-0.3, -0.25) is 0 Å². The molecule has 2 aromatic carbocycles. The van der Waals surface area contributed by atoms with Crippen molar-refractivity contribution in [3.63, 3.8) is 0 Å². The highest BCUT2D eigenvalue weighted by Crippen LogP contribution is 2.23. The summed E-state index contributed by atoms with van der Waals surface area (Å²) >= 11 is 11.9. The van der Waals surface area contributed by atoms with Crippen LogP contribution >= 0.6 is 23.2 Å². The third-order valence-electron chi connectivity index (χ3n) is 2.86. The van der Waals surface area contributed by atoms with E-state index in [1.807, 2.05) is 30.3 Å². The minimum atomic E-state index is -0.338. The van der Waals surface area contributed by atoms with Gasteiger partial charge in [0.1, 0.15) is 12.4 Å². The first-order valence-corrected chi connectivity index (χ1v) is 7.14. The van der Waals surface area contributed by atoms with Crippen LogP contribution in [-0.2, 0) is 13.0 Å². The van der Waals surface area contributed by atoms with Gasteiger partial charge >= 0.3 is 0 Å². The normalized spacial score (nSPS) is 12.2. The van der Waals surface area contributed by atoms with Gasteiger partial charge in [0.25, 0.3) is 0 Å². The van der Waals surface area contributed by atoms with Gasteiger partial charge in [-0.2, -0.15) is 0 Å². The van der Waals surface area contributed by atoms with E-state index in [0.29, 0.717) is 23.1 Å². The second-order valence-electron chi connectivity index (χ2n) is 4.72. The van der Waals surface area contributed by atoms with Crippen LogP contribution in [0.15, 0.2) is 42.5 Å². The van der Waals surface area contributed by atoms with E-state index < -0.39 is 0 Å². The van der Waals surface area contributed by atoms with Crippen LogP contribution in [-0.4, -0.2) is 11.2 Å². The smallest absolute Gasteiger partial charge is 0.119 e. The van der Waals surface area contributed by atoms with Gasteiger partial charge in [0.2, 0.25) is 0 Å². The lowest BCUT2D eigenvalue weighted by molar-refractivity contribution is 0.195. The predicted molar refractivity (Wildman–Crippen MR) is 82.6 cm³/mol. The van der Waals surface area contributed by atoms with Gasteiger partial charge in [-0.25, -0.2) is 0 Å². The monoisotopic (exact) mass is 310 g/mol. The average molecular weight is 311 g/mol. The van der Waals surface area contributed by atoms with Crippen LogP contribution in [0.25, 0.3) is 0 Å². The van der Waals surface area contributed by atoms with E-state index >= 15 is 0 Å². The van der Waals surface area contributed by atoms with Crippen molar-refractivity contribution in [1.82, 2.24) is 0 Å². The van der Waals surface area contributed by atoms with E-state index in [4.69, 9.17) is 27.9 Å². The molecule has 0 spiro atoms. The Balaban J connectivity index is 1.96. The number of hydrogen-bond donors (Lipinski definition) is 1. The van der Waals surface area contributed by atoms with Crippen molar-refractivity contribution < 1.29 is 9.84 Å². The summed E-state index contributed by atoms with van der Waals surface area (Å²) in [6.45, 7) is 2.17. The summed E-state index contributed by atoms with van der Waals surface area (Å²) in [5.74, 6) is 0.769. The molecule has 2 aromatic rings. The quantitative estimate of drug-likeness (QED) is 0.881. The van der Waals surface area contributed by atoms with Crippen LogP contribution in [0.5, 0.6) is 5.75 Å². The van der Waals surface area contributed by atoms with Gasteiger partial charge in [0.15, 0.2) is 0 Å². The van der Waals surface area contributed by atoms with Crippen molar-refractivity contribution in [3.8, 4) is 5.75 Å². The second-order valence-corrected chi connectivity index (χ2v) is 5.57. The molecule has 0 fully saturated rings. The summed E-state index contributed by atoms with van der Waals surface area (Å²) in [5.41, 5.74) is 1.97. The maximum Gasteiger partial charge on any atom is 0.119 e. The Morgan fingerprint density at radius 3 is 2.40 bits per heavy atom. The fraction of sp³-hybridized carbons (Fsp3) is 0.250. The van der Waals surface area contributed by atoms with Gasteiger partial charge in [-0.15, -0.1) is 0 Å². The third kappa shape index (κ3) is 4.41. The summed E-state index contributed by atoms with van der Waals surface area (Å²) in [5, 5.41) is 10.5. The van der Waals surface area contributed by atoms with Gasteiger partial charge in [-0.1, -0.05) is 41.4 Å². The first kappa shape index (κ1) is 15.2. The zero-order valence-corrected chi connectivity index (χ0v) is 12.7. The maximum absolute atomic E-state index is 9.32. The molecule has 2 rings (SSSR count). The molecule has 0 saturated heterocycles. The molecule has 20 heavy (non-hydrogen) atoms. The summed E-state index contributed by atoms with van der Waals surface area (Å²) in [7, 11) is 0.